The summed E-state index contributed by atoms with van der Waals surface area (Å²) < 4.78 is 37.3. The molecule has 0 atom stereocenters. The fourth-order valence-corrected chi connectivity index (χ4v) is 3.88. The van der Waals surface area contributed by atoms with Gasteiger partial charge in [0.1, 0.15) is 10.6 Å². The van der Waals surface area contributed by atoms with Gasteiger partial charge in [-0.25, -0.2) is 17.9 Å². The lowest BCUT2D eigenvalue weighted by Crippen LogP contribution is -2.44. The summed E-state index contributed by atoms with van der Waals surface area (Å²) in [6.07, 6.45) is 0.724. The van der Waals surface area contributed by atoms with Gasteiger partial charge in [0.15, 0.2) is 0 Å². The van der Waals surface area contributed by atoms with E-state index in [4.69, 9.17) is 4.74 Å². The van der Waals surface area contributed by atoms with E-state index in [1.165, 1.54) is 32.4 Å². The highest BCUT2D eigenvalue weighted by Gasteiger charge is 2.21. The van der Waals surface area contributed by atoms with E-state index in [1.54, 1.807) is 0 Å². The smallest absolute Gasteiger partial charge is 0.337 e. The summed E-state index contributed by atoms with van der Waals surface area (Å²) in [5.74, 6) is -0.441. The van der Waals surface area contributed by atoms with Crippen LogP contribution in [0.5, 0.6) is 5.75 Å². The van der Waals surface area contributed by atoms with Crippen LogP contribution in [-0.2, 0) is 14.8 Å². The molecule has 0 bridgehead atoms. The fourth-order valence-electron chi connectivity index (χ4n) is 2.66. The third-order valence-electron chi connectivity index (χ3n) is 4.03. The van der Waals surface area contributed by atoms with E-state index in [-0.39, 0.29) is 41.0 Å². The van der Waals surface area contributed by atoms with Crippen LogP contribution in [0.4, 0.5) is 0 Å². The Morgan fingerprint density at radius 2 is 1.89 bits per heavy atom. The Morgan fingerprint density at radius 3 is 2.48 bits per heavy atom. The van der Waals surface area contributed by atoms with Gasteiger partial charge in [-0.05, 0) is 31.2 Å². The summed E-state index contributed by atoms with van der Waals surface area (Å²) in [6.45, 7) is 5.09. The van der Waals surface area contributed by atoms with E-state index in [9.17, 15) is 13.2 Å². The molecule has 0 amide bonds. The number of halogens is 2. The van der Waals surface area contributed by atoms with Gasteiger partial charge in [-0.2, -0.15) is 0 Å². The average molecular weight is 444 g/mol. The van der Waals surface area contributed by atoms with Crippen LogP contribution in [0.2, 0.25) is 0 Å². The van der Waals surface area contributed by atoms with Crippen molar-refractivity contribution in [2.45, 2.75) is 11.3 Å². The van der Waals surface area contributed by atoms with E-state index in [0.717, 1.165) is 39.1 Å². The molecule has 2 rings (SSSR count). The Bertz CT molecular complexity index is 697. The molecule has 1 fully saturated rings. The van der Waals surface area contributed by atoms with Crippen LogP contribution >= 0.6 is 24.8 Å². The normalized spacial score (nSPS) is 14.6. The average Bonchev–Trinajstić information content (AvgIpc) is 2.64. The van der Waals surface area contributed by atoms with Crippen LogP contribution in [-0.4, -0.2) is 72.8 Å². The Kier molecular flexibility index (Phi) is 11.9. The van der Waals surface area contributed by atoms with Crippen molar-refractivity contribution in [2.75, 3.05) is 53.5 Å². The molecular formula is C16H27Cl2N3O5S. The highest BCUT2D eigenvalue weighted by atomic mass is 35.5. The molecule has 27 heavy (non-hydrogen) atoms. The first-order chi connectivity index (χ1) is 12.0. The topological polar surface area (TPSA) is 97.0 Å². The maximum absolute atomic E-state index is 12.5. The first kappa shape index (κ1) is 25.9. The first-order valence-corrected chi connectivity index (χ1v) is 9.65. The number of nitrogens with zero attached hydrogens (tertiary/aromatic N) is 1. The molecular weight excluding hydrogens is 417 g/mol. The van der Waals surface area contributed by atoms with Crippen LogP contribution in [0.15, 0.2) is 23.1 Å². The molecule has 1 saturated heterocycles. The Balaban J connectivity index is 0.00000338. The van der Waals surface area contributed by atoms with Crippen molar-refractivity contribution in [2.24, 2.45) is 0 Å². The van der Waals surface area contributed by atoms with E-state index in [1.807, 2.05) is 0 Å². The maximum Gasteiger partial charge on any atom is 0.337 e. The van der Waals surface area contributed by atoms with Crippen molar-refractivity contribution in [1.29, 1.82) is 0 Å². The second-order valence-electron chi connectivity index (χ2n) is 5.70. The van der Waals surface area contributed by atoms with E-state index >= 15 is 0 Å². The molecule has 8 nitrogen and oxygen atoms in total. The number of piperazine rings is 1. The fraction of sp³-hybridized carbons (Fsp3) is 0.562. The minimum absolute atomic E-state index is 0. The van der Waals surface area contributed by atoms with E-state index in [0.29, 0.717) is 6.54 Å². The lowest BCUT2D eigenvalue weighted by atomic mass is 10.2. The molecule has 11 heteroatoms. The molecule has 1 aromatic carbocycles. The zero-order valence-electron chi connectivity index (χ0n) is 15.4. The summed E-state index contributed by atoms with van der Waals surface area (Å²) in [6, 6.07) is 4.12. The Hall–Kier alpha value is -1.10. The standard InChI is InChI=1S/C16H25N3O5S.2ClH/c1-23-14-12-13(16(20)24-2)4-5-15(14)25(21,22)18-6-3-9-19-10-7-17-8-11-19;;/h4-5,12,17-18H,3,6-11H2,1-2H3;2*1H. The molecule has 1 aromatic rings. The van der Waals surface area contributed by atoms with Crippen LogP contribution in [0.3, 0.4) is 0 Å². The summed E-state index contributed by atoms with van der Waals surface area (Å²) in [7, 11) is -1.09. The van der Waals surface area contributed by atoms with Crippen molar-refractivity contribution in [3.63, 3.8) is 0 Å². The highest BCUT2D eigenvalue weighted by molar-refractivity contribution is 7.89. The second kappa shape index (κ2) is 12.4. The van der Waals surface area contributed by atoms with Gasteiger partial charge in [0, 0.05) is 32.7 Å². The molecule has 1 heterocycles. The SMILES string of the molecule is COC(=O)c1ccc(S(=O)(=O)NCCCN2CCNCC2)c(OC)c1.Cl.Cl. The van der Waals surface area contributed by atoms with Crippen molar-refractivity contribution in [3.8, 4) is 5.75 Å². The van der Waals surface area contributed by atoms with Crippen molar-refractivity contribution < 1.29 is 22.7 Å². The van der Waals surface area contributed by atoms with E-state index < -0.39 is 16.0 Å². The lowest BCUT2D eigenvalue weighted by molar-refractivity contribution is 0.0600. The molecule has 0 saturated carbocycles. The van der Waals surface area contributed by atoms with Crippen LogP contribution < -0.4 is 14.8 Å². The number of sulfonamides is 1. The minimum Gasteiger partial charge on any atom is -0.495 e. The molecule has 0 radical (unpaired) electrons. The molecule has 0 aliphatic carbocycles. The lowest BCUT2D eigenvalue weighted by Gasteiger charge is -2.27. The van der Waals surface area contributed by atoms with Crippen LogP contribution in [0.1, 0.15) is 16.8 Å². The van der Waals surface area contributed by atoms with Gasteiger partial charge in [-0.1, -0.05) is 0 Å². The number of carbonyl (C=O) groups excluding carboxylic acids is 1. The predicted molar refractivity (Wildman–Crippen MR) is 108 cm³/mol. The molecule has 2 N–H and O–H groups in total. The van der Waals surface area contributed by atoms with Gasteiger partial charge >= 0.3 is 5.97 Å². The molecule has 0 unspecified atom stereocenters. The number of hydrogen-bond donors (Lipinski definition) is 2. The minimum atomic E-state index is -3.71. The number of esters is 1. The van der Waals surface area contributed by atoms with Gasteiger partial charge in [0.25, 0.3) is 0 Å². The molecule has 156 valence electrons. The summed E-state index contributed by atoms with van der Waals surface area (Å²) >= 11 is 0. The van der Waals surface area contributed by atoms with Crippen LogP contribution in [0.25, 0.3) is 0 Å². The van der Waals surface area contributed by atoms with Gasteiger partial charge in [0.05, 0.1) is 19.8 Å². The van der Waals surface area contributed by atoms with Gasteiger partial charge in [-0.3, -0.25) is 0 Å². The monoisotopic (exact) mass is 443 g/mol. The Morgan fingerprint density at radius 1 is 1.22 bits per heavy atom. The van der Waals surface area contributed by atoms with Crippen molar-refractivity contribution >= 4 is 40.8 Å². The molecule has 0 aromatic heterocycles. The van der Waals surface area contributed by atoms with Gasteiger partial charge < -0.3 is 19.7 Å². The van der Waals surface area contributed by atoms with Crippen LogP contribution in [0, 0.1) is 0 Å². The van der Waals surface area contributed by atoms with Gasteiger partial charge in [0.2, 0.25) is 10.0 Å². The third-order valence-corrected chi connectivity index (χ3v) is 5.53. The number of rotatable bonds is 8. The number of ether oxygens (including phenoxy) is 2. The van der Waals surface area contributed by atoms with Gasteiger partial charge in [-0.15, -0.1) is 24.8 Å². The summed E-state index contributed by atoms with van der Waals surface area (Å²) in [4.78, 5) is 13.9. The Labute approximate surface area is 172 Å². The largest absolute Gasteiger partial charge is 0.495 e. The number of nitrogens with one attached hydrogen (secondary N) is 2. The zero-order chi connectivity index (χ0) is 18.3. The number of benzene rings is 1. The highest BCUT2D eigenvalue weighted by Crippen LogP contribution is 2.25. The quantitative estimate of drug-likeness (QED) is 0.454. The van der Waals surface area contributed by atoms with E-state index in [2.05, 4.69) is 19.7 Å². The molecule has 1 aliphatic heterocycles. The second-order valence-corrected chi connectivity index (χ2v) is 7.44. The first-order valence-electron chi connectivity index (χ1n) is 8.17. The molecule has 0 spiro atoms. The molecule has 1 aliphatic rings. The van der Waals surface area contributed by atoms with Crippen molar-refractivity contribution in [1.82, 2.24) is 14.9 Å². The van der Waals surface area contributed by atoms with Crippen molar-refractivity contribution in [3.05, 3.63) is 23.8 Å². The predicted octanol–water partition coefficient (Wildman–Crippen LogP) is 0.899. The zero-order valence-corrected chi connectivity index (χ0v) is 17.8. The third kappa shape index (κ3) is 7.44. The number of hydrogen-bond acceptors (Lipinski definition) is 7. The summed E-state index contributed by atoms with van der Waals surface area (Å²) in [5, 5.41) is 3.28. The number of carbonyl (C=O) groups is 1. The summed E-state index contributed by atoms with van der Waals surface area (Å²) in [5.41, 5.74) is 0.233. The maximum atomic E-state index is 12.5. The number of methoxy groups -OCH3 is 2.